The lowest BCUT2D eigenvalue weighted by Gasteiger charge is -2.30. The van der Waals surface area contributed by atoms with E-state index in [0.717, 1.165) is 25.7 Å². The second kappa shape index (κ2) is 5.06. The van der Waals surface area contributed by atoms with Crippen LogP contribution in [0.5, 0.6) is 5.75 Å². The molecule has 2 rings (SSSR count). The van der Waals surface area contributed by atoms with E-state index in [1.165, 1.54) is 6.42 Å². The molecule has 0 aromatic carbocycles. The molecule has 90 valence electrons. The molecule has 0 N–H and O–H groups in total. The highest BCUT2D eigenvalue weighted by molar-refractivity contribution is 5.36. The first-order valence-corrected chi connectivity index (χ1v) is 5.76. The van der Waals surface area contributed by atoms with Crippen LogP contribution in [-0.2, 0) is 10.3 Å². The molecule has 0 radical (unpaired) electrons. The van der Waals surface area contributed by atoms with Gasteiger partial charge in [-0.3, -0.25) is 0 Å². The first kappa shape index (κ1) is 11.7. The van der Waals surface area contributed by atoms with Crippen molar-refractivity contribution >= 4 is 6.08 Å². The number of hydrogen-bond acceptors (Lipinski definition) is 5. The Labute approximate surface area is 100.0 Å². The van der Waals surface area contributed by atoms with E-state index in [-0.39, 0.29) is 0 Å². The van der Waals surface area contributed by atoms with Gasteiger partial charge in [-0.25, -0.2) is 14.8 Å². The Hall–Kier alpha value is -1.74. The molecule has 1 aliphatic carbocycles. The predicted molar refractivity (Wildman–Crippen MR) is 61.5 cm³/mol. The quantitative estimate of drug-likeness (QED) is 0.591. The average molecular weight is 233 g/mol. The van der Waals surface area contributed by atoms with Crippen LogP contribution in [0.15, 0.2) is 17.4 Å². The van der Waals surface area contributed by atoms with E-state index in [2.05, 4.69) is 15.0 Å². The summed E-state index contributed by atoms with van der Waals surface area (Å²) in [5.41, 5.74) is -0.563. The average Bonchev–Trinajstić information content (AvgIpc) is 2.40. The summed E-state index contributed by atoms with van der Waals surface area (Å²) in [5, 5.41) is 0. The van der Waals surface area contributed by atoms with E-state index >= 15 is 0 Å². The highest BCUT2D eigenvalue weighted by Crippen LogP contribution is 2.38. The van der Waals surface area contributed by atoms with Crippen LogP contribution in [0.3, 0.4) is 0 Å². The Kier molecular flexibility index (Phi) is 3.49. The van der Waals surface area contributed by atoms with Gasteiger partial charge in [0.15, 0.2) is 11.6 Å². The lowest BCUT2D eigenvalue weighted by Crippen LogP contribution is -2.29. The molecule has 5 nitrogen and oxygen atoms in total. The minimum atomic E-state index is -0.563. The van der Waals surface area contributed by atoms with Crippen molar-refractivity contribution in [3.63, 3.8) is 0 Å². The maximum absolute atomic E-state index is 10.6. The summed E-state index contributed by atoms with van der Waals surface area (Å²) in [5.74, 6) is 1.20. The number of hydrogen-bond donors (Lipinski definition) is 0. The van der Waals surface area contributed by atoms with Gasteiger partial charge in [0.1, 0.15) is 5.54 Å². The summed E-state index contributed by atoms with van der Waals surface area (Å²) >= 11 is 0. The van der Waals surface area contributed by atoms with Crippen LogP contribution in [-0.4, -0.2) is 23.2 Å². The lowest BCUT2D eigenvalue weighted by molar-refractivity contribution is 0.287. The fourth-order valence-electron chi connectivity index (χ4n) is 2.27. The zero-order valence-corrected chi connectivity index (χ0v) is 9.85. The van der Waals surface area contributed by atoms with Crippen molar-refractivity contribution in [3.8, 4) is 5.75 Å². The minimum Gasteiger partial charge on any atom is -0.494 e. The number of ether oxygens (including phenoxy) is 1. The molecular formula is C12H15N3O2. The third kappa shape index (κ3) is 2.34. The zero-order valence-electron chi connectivity index (χ0n) is 9.85. The molecule has 17 heavy (non-hydrogen) atoms. The van der Waals surface area contributed by atoms with Gasteiger partial charge in [0, 0.05) is 0 Å². The second-order valence-corrected chi connectivity index (χ2v) is 4.24. The first-order chi connectivity index (χ1) is 8.30. The van der Waals surface area contributed by atoms with Gasteiger partial charge in [0.05, 0.1) is 19.5 Å². The van der Waals surface area contributed by atoms with E-state index in [1.807, 2.05) is 0 Å². The molecule has 0 aliphatic heterocycles. The summed E-state index contributed by atoms with van der Waals surface area (Å²) in [6, 6.07) is 0. The Morgan fingerprint density at radius 1 is 1.29 bits per heavy atom. The standard InChI is InChI=1S/C12H15N3O2/c1-17-10-7-13-11(14-8-10)12(15-9-16)5-3-2-4-6-12/h7-8H,2-6H2,1H3. The number of isocyanates is 1. The normalized spacial score (nSPS) is 18.2. The maximum Gasteiger partial charge on any atom is 0.235 e. The van der Waals surface area contributed by atoms with Crippen LogP contribution in [0.4, 0.5) is 0 Å². The van der Waals surface area contributed by atoms with Crippen LogP contribution in [0, 0.1) is 0 Å². The minimum absolute atomic E-state index is 0.563. The molecule has 5 heteroatoms. The van der Waals surface area contributed by atoms with Crippen LogP contribution in [0.25, 0.3) is 0 Å². The third-order valence-electron chi connectivity index (χ3n) is 3.22. The molecule has 1 aromatic heterocycles. The van der Waals surface area contributed by atoms with Crippen molar-refractivity contribution in [2.75, 3.05) is 7.11 Å². The third-order valence-corrected chi connectivity index (χ3v) is 3.22. The molecule has 0 unspecified atom stereocenters. The molecule has 0 saturated heterocycles. The Morgan fingerprint density at radius 3 is 2.47 bits per heavy atom. The van der Waals surface area contributed by atoms with Gasteiger partial charge in [-0.2, -0.15) is 4.99 Å². The molecule has 1 heterocycles. The topological polar surface area (TPSA) is 64.4 Å². The highest BCUT2D eigenvalue weighted by atomic mass is 16.5. The van der Waals surface area contributed by atoms with Crippen molar-refractivity contribution in [1.29, 1.82) is 0 Å². The molecular weight excluding hydrogens is 218 g/mol. The van der Waals surface area contributed by atoms with E-state index < -0.39 is 5.54 Å². The van der Waals surface area contributed by atoms with Gasteiger partial charge in [0.2, 0.25) is 6.08 Å². The van der Waals surface area contributed by atoms with Crippen molar-refractivity contribution in [2.45, 2.75) is 37.6 Å². The first-order valence-electron chi connectivity index (χ1n) is 5.76. The zero-order chi connectivity index (χ0) is 12.1. The summed E-state index contributed by atoms with van der Waals surface area (Å²) < 4.78 is 5.02. The maximum atomic E-state index is 10.6. The van der Waals surface area contributed by atoms with Gasteiger partial charge in [0.25, 0.3) is 0 Å². The van der Waals surface area contributed by atoms with E-state index in [1.54, 1.807) is 25.6 Å². The van der Waals surface area contributed by atoms with Gasteiger partial charge in [-0.05, 0) is 12.8 Å². The van der Waals surface area contributed by atoms with Gasteiger partial charge in [-0.15, -0.1) is 0 Å². The van der Waals surface area contributed by atoms with Gasteiger partial charge in [-0.1, -0.05) is 19.3 Å². The van der Waals surface area contributed by atoms with Crippen LogP contribution in [0.2, 0.25) is 0 Å². The van der Waals surface area contributed by atoms with Crippen LogP contribution < -0.4 is 4.74 Å². The van der Waals surface area contributed by atoms with Gasteiger partial charge >= 0.3 is 0 Å². The molecule has 1 aromatic rings. The predicted octanol–water partition coefficient (Wildman–Crippen LogP) is 1.98. The molecule has 0 atom stereocenters. The molecule has 1 aliphatic rings. The number of carbonyl (C=O) groups excluding carboxylic acids is 1. The van der Waals surface area contributed by atoms with E-state index in [0.29, 0.717) is 11.6 Å². The molecule has 0 bridgehead atoms. The lowest BCUT2D eigenvalue weighted by atomic mass is 9.81. The monoisotopic (exact) mass is 233 g/mol. The Morgan fingerprint density at radius 2 is 1.94 bits per heavy atom. The van der Waals surface area contributed by atoms with Crippen molar-refractivity contribution in [3.05, 3.63) is 18.2 Å². The van der Waals surface area contributed by atoms with E-state index in [9.17, 15) is 4.79 Å². The number of aliphatic imine (C=N–C) groups is 1. The van der Waals surface area contributed by atoms with Crippen molar-refractivity contribution in [1.82, 2.24) is 9.97 Å². The molecule has 0 amide bonds. The second-order valence-electron chi connectivity index (χ2n) is 4.24. The number of aromatic nitrogens is 2. The van der Waals surface area contributed by atoms with Crippen molar-refractivity contribution in [2.24, 2.45) is 4.99 Å². The summed E-state index contributed by atoms with van der Waals surface area (Å²) in [4.78, 5) is 23.1. The highest BCUT2D eigenvalue weighted by Gasteiger charge is 2.36. The smallest absolute Gasteiger partial charge is 0.235 e. The number of rotatable bonds is 3. The fourth-order valence-corrected chi connectivity index (χ4v) is 2.27. The van der Waals surface area contributed by atoms with E-state index in [4.69, 9.17) is 4.74 Å². The molecule has 0 spiro atoms. The summed E-state index contributed by atoms with van der Waals surface area (Å²) in [7, 11) is 1.57. The number of nitrogens with zero attached hydrogens (tertiary/aromatic N) is 3. The van der Waals surface area contributed by atoms with Crippen LogP contribution >= 0.6 is 0 Å². The van der Waals surface area contributed by atoms with Crippen molar-refractivity contribution < 1.29 is 9.53 Å². The molecule has 1 fully saturated rings. The molecule has 1 saturated carbocycles. The Bertz CT molecular complexity index is 418. The van der Waals surface area contributed by atoms with Crippen LogP contribution in [0.1, 0.15) is 37.9 Å². The Balaban J connectivity index is 2.34. The van der Waals surface area contributed by atoms with Gasteiger partial charge < -0.3 is 4.74 Å². The summed E-state index contributed by atoms with van der Waals surface area (Å²) in [6.07, 6.45) is 9.77. The fraction of sp³-hybridized carbons (Fsp3) is 0.583. The SMILES string of the molecule is COc1cnc(C2(N=C=O)CCCCC2)nc1. The largest absolute Gasteiger partial charge is 0.494 e. The summed E-state index contributed by atoms with van der Waals surface area (Å²) in [6.45, 7) is 0. The number of methoxy groups -OCH3 is 1.